The molecule has 2 aliphatic rings. The van der Waals surface area contributed by atoms with E-state index in [2.05, 4.69) is 10.2 Å². The first-order valence-corrected chi connectivity index (χ1v) is 15.7. The molecule has 2 saturated heterocycles. The van der Waals surface area contributed by atoms with Gasteiger partial charge in [-0.25, -0.2) is 13.2 Å². The summed E-state index contributed by atoms with van der Waals surface area (Å²) in [7, 11) is -4.00. The molecule has 3 aromatic carbocycles. The number of sulfonamides is 1. The molecule has 1 N–H and O–H groups in total. The topological polar surface area (TPSA) is 92.1 Å². The van der Waals surface area contributed by atoms with Crippen LogP contribution in [0.5, 0.6) is 0 Å². The van der Waals surface area contributed by atoms with E-state index in [4.69, 9.17) is 9.15 Å². The maximum Gasteiger partial charge on any atom is 0.374 e. The lowest BCUT2D eigenvalue weighted by Crippen LogP contribution is -2.52. The lowest BCUT2D eigenvalue weighted by atomic mass is 10.1. The van der Waals surface area contributed by atoms with Gasteiger partial charge in [0, 0.05) is 42.7 Å². The molecule has 2 aliphatic heterocycles. The van der Waals surface area contributed by atoms with E-state index < -0.39 is 16.0 Å². The van der Waals surface area contributed by atoms with Gasteiger partial charge in [0.25, 0.3) is 10.0 Å². The van der Waals surface area contributed by atoms with Crippen LogP contribution in [0, 0.1) is 6.92 Å². The number of esters is 1. The Morgan fingerprint density at radius 1 is 1.02 bits per heavy atom. The lowest BCUT2D eigenvalue weighted by Gasteiger charge is -2.40. The molecule has 1 aromatic heterocycles. The molecule has 6 rings (SSSR count). The van der Waals surface area contributed by atoms with Crippen LogP contribution in [-0.2, 0) is 21.2 Å². The van der Waals surface area contributed by atoms with Crippen molar-refractivity contribution in [2.24, 2.45) is 0 Å². The Hall–Kier alpha value is -3.82. The Kier molecular flexibility index (Phi) is 7.48. The smallest absolute Gasteiger partial charge is 0.374 e. The van der Waals surface area contributed by atoms with Gasteiger partial charge < -0.3 is 19.4 Å². The third-order valence-electron chi connectivity index (χ3n) is 8.21. The van der Waals surface area contributed by atoms with Crippen molar-refractivity contribution < 1.29 is 22.4 Å². The fraction of sp³-hybridized carbons (Fsp3) is 0.344. The van der Waals surface area contributed by atoms with E-state index in [0.717, 1.165) is 37.2 Å². The lowest BCUT2D eigenvalue weighted by molar-refractivity contribution is 0.0491. The molecular formula is C32H35N3O5S. The normalized spacial score (nSPS) is 18.5. The van der Waals surface area contributed by atoms with E-state index in [1.807, 2.05) is 54.6 Å². The van der Waals surface area contributed by atoms with Crippen LogP contribution in [0.2, 0.25) is 0 Å². The van der Waals surface area contributed by atoms with Crippen LogP contribution in [0.25, 0.3) is 11.0 Å². The van der Waals surface area contributed by atoms with E-state index in [0.29, 0.717) is 40.7 Å². The monoisotopic (exact) mass is 573 g/mol. The van der Waals surface area contributed by atoms with Crippen molar-refractivity contribution in [3.05, 3.63) is 89.7 Å². The summed E-state index contributed by atoms with van der Waals surface area (Å²) in [6.45, 7) is 5.76. The molecule has 0 spiro atoms. The van der Waals surface area contributed by atoms with Gasteiger partial charge in [-0.1, -0.05) is 42.5 Å². The number of carbonyl (C=O) groups is 1. The predicted molar refractivity (Wildman–Crippen MR) is 160 cm³/mol. The highest BCUT2D eigenvalue weighted by molar-refractivity contribution is 7.92. The van der Waals surface area contributed by atoms with Crippen LogP contribution in [0.15, 0.2) is 82.1 Å². The summed E-state index contributed by atoms with van der Waals surface area (Å²) in [4.78, 5) is 15.0. The minimum absolute atomic E-state index is 0.0943. The fourth-order valence-corrected chi connectivity index (χ4v) is 7.70. The molecule has 214 valence electrons. The van der Waals surface area contributed by atoms with Gasteiger partial charge >= 0.3 is 5.97 Å². The number of carbonyl (C=O) groups excluding carboxylic acids is 1. The van der Waals surface area contributed by atoms with Gasteiger partial charge in [-0.05, 0) is 69.0 Å². The number of hydrogen-bond donors (Lipinski definition) is 1. The number of piperazine rings is 1. The summed E-state index contributed by atoms with van der Waals surface area (Å²) >= 11 is 0. The van der Waals surface area contributed by atoms with Crippen molar-refractivity contribution in [2.45, 2.75) is 50.1 Å². The zero-order valence-corrected chi connectivity index (χ0v) is 24.2. The van der Waals surface area contributed by atoms with Gasteiger partial charge in [-0.2, -0.15) is 0 Å². The SMILES string of the molecule is CCOC(=O)c1oc2ccc(S(=O)(=O)N(CCc3ccccc3)c3ccccc3N3C4CCC3CNC4)cc2c1C. The minimum atomic E-state index is -4.00. The summed E-state index contributed by atoms with van der Waals surface area (Å²) in [6.07, 6.45) is 2.73. The molecule has 2 atom stereocenters. The molecule has 2 fully saturated rings. The van der Waals surface area contributed by atoms with Crippen molar-refractivity contribution in [3.8, 4) is 0 Å². The summed E-state index contributed by atoms with van der Waals surface area (Å²) in [6, 6.07) is 23.2. The summed E-state index contributed by atoms with van der Waals surface area (Å²) in [5, 5.41) is 4.10. The fourth-order valence-electron chi connectivity index (χ4n) is 6.19. The van der Waals surface area contributed by atoms with Crippen LogP contribution in [0.1, 0.15) is 41.4 Å². The number of rotatable bonds is 9. The zero-order chi connectivity index (χ0) is 28.6. The second-order valence-corrected chi connectivity index (χ2v) is 12.5. The quantitative estimate of drug-likeness (QED) is 0.272. The Morgan fingerprint density at radius 2 is 1.73 bits per heavy atom. The molecule has 0 amide bonds. The van der Waals surface area contributed by atoms with Crippen molar-refractivity contribution in [2.75, 3.05) is 35.4 Å². The van der Waals surface area contributed by atoms with Crippen molar-refractivity contribution >= 4 is 38.3 Å². The molecule has 2 bridgehead atoms. The van der Waals surface area contributed by atoms with Gasteiger partial charge in [0.15, 0.2) is 0 Å². The molecule has 0 saturated carbocycles. The molecule has 3 heterocycles. The van der Waals surface area contributed by atoms with E-state index in [-0.39, 0.29) is 23.8 Å². The van der Waals surface area contributed by atoms with Crippen LogP contribution < -0.4 is 14.5 Å². The van der Waals surface area contributed by atoms with Crippen molar-refractivity contribution in [1.29, 1.82) is 0 Å². The predicted octanol–water partition coefficient (Wildman–Crippen LogP) is 5.30. The Morgan fingerprint density at radius 3 is 2.46 bits per heavy atom. The standard InChI is InChI=1S/C32H35N3O5S/c1-3-39-32(36)31-22(2)27-19-26(15-16-30(27)40-31)41(37,38)34(18-17-23-9-5-4-6-10-23)28-11-7-8-12-29(28)35-24-13-14-25(35)21-33-20-24/h4-12,15-16,19,24-25,33H,3,13-14,17-18,20-21H2,1-2H3. The van der Waals surface area contributed by atoms with E-state index in [1.165, 1.54) is 0 Å². The van der Waals surface area contributed by atoms with Gasteiger partial charge in [0.2, 0.25) is 5.76 Å². The molecule has 4 aromatic rings. The summed E-state index contributed by atoms with van der Waals surface area (Å²) < 4.78 is 41.5. The van der Waals surface area contributed by atoms with Crippen LogP contribution in [0.3, 0.4) is 0 Å². The van der Waals surface area contributed by atoms with Crippen LogP contribution >= 0.6 is 0 Å². The number of nitrogens with one attached hydrogen (secondary N) is 1. The highest BCUT2D eigenvalue weighted by atomic mass is 32.2. The molecule has 0 radical (unpaired) electrons. The molecule has 8 nitrogen and oxygen atoms in total. The maximum absolute atomic E-state index is 14.5. The first-order valence-electron chi connectivity index (χ1n) is 14.2. The Labute approximate surface area is 240 Å². The van der Waals surface area contributed by atoms with Gasteiger partial charge in [-0.3, -0.25) is 4.31 Å². The largest absolute Gasteiger partial charge is 0.460 e. The average molecular weight is 574 g/mol. The molecular weight excluding hydrogens is 538 g/mol. The highest BCUT2D eigenvalue weighted by Crippen LogP contribution is 2.40. The van der Waals surface area contributed by atoms with Gasteiger partial charge in [0.1, 0.15) is 5.58 Å². The third-order valence-corrected chi connectivity index (χ3v) is 10.0. The number of fused-ring (bicyclic) bond motifs is 3. The first kappa shape index (κ1) is 27.4. The number of hydrogen-bond acceptors (Lipinski definition) is 7. The molecule has 2 unspecified atom stereocenters. The number of anilines is 2. The maximum atomic E-state index is 14.5. The van der Waals surface area contributed by atoms with Crippen molar-refractivity contribution in [3.63, 3.8) is 0 Å². The first-order chi connectivity index (χ1) is 19.9. The molecule has 9 heteroatoms. The number of benzene rings is 3. The Bertz CT molecular complexity index is 1650. The summed E-state index contributed by atoms with van der Waals surface area (Å²) in [5.74, 6) is -0.466. The minimum Gasteiger partial charge on any atom is -0.460 e. The van der Waals surface area contributed by atoms with Crippen molar-refractivity contribution in [1.82, 2.24) is 5.32 Å². The number of para-hydroxylation sites is 2. The molecule has 0 aliphatic carbocycles. The number of ether oxygens (including phenoxy) is 1. The van der Waals surface area contributed by atoms with E-state index >= 15 is 0 Å². The van der Waals surface area contributed by atoms with Gasteiger partial charge in [0.05, 0.1) is 22.9 Å². The third kappa shape index (κ3) is 5.08. The zero-order valence-electron chi connectivity index (χ0n) is 23.4. The Balaban J connectivity index is 1.43. The van der Waals surface area contributed by atoms with E-state index in [9.17, 15) is 13.2 Å². The highest BCUT2D eigenvalue weighted by Gasteiger charge is 2.39. The van der Waals surface area contributed by atoms with Gasteiger partial charge in [-0.15, -0.1) is 0 Å². The van der Waals surface area contributed by atoms with E-state index in [1.54, 1.807) is 36.4 Å². The summed E-state index contributed by atoms with van der Waals surface area (Å²) in [5.41, 5.74) is 3.69. The number of aryl methyl sites for hydroxylation is 1. The average Bonchev–Trinajstić information content (AvgIpc) is 3.44. The van der Waals surface area contributed by atoms with Crippen LogP contribution in [-0.4, -0.2) is 52.7 Å². The van der Waals surface area contributed by atoms with Crippen LogP contribution in [0.4, 0.5) is 11.4 Å². The second-order valence-electron chi connectivity index (χ2n) is 10.7. The number of furan rings is 1. The number of nitrogens with zero attached hydrogens (tertiary/aromatic N) is 2. The molecule has 41 heavy (non-hydrogen) atoms. The second kappa shape index (κ2) is 11.2.